The Balaban J connectivity index is 3.07. The van der Waals surface area contributed by atoms with Crippen molar-refractivity contribution < 1.29 is 9.53 Å². The lowest BCUT2D eigenvalue weighted by atomic mass is 10.2. The van der Waals surface area contributed by atoms with Crippen LogP contribution in [0, 0.1) is 5.41 Å². The maximum absolute atomic E-state index is 11.7. The summed E-state index contributed by atoms with van der Waals surface area (Å²) in [4.78, 5) is 11.7. The van der Waals surface area contributed by atoms with Crippen molar-refractivity contribution in [1.29, 1.82) is 5.41 Å². The summed E-state index contributed by atoms with van der Waals surface area (Å²) in [5, 5.41) is 10.6. The topological polar surface area (TPSA) is 93.1 Å². The quantitative estimate of drug-likeness (QED) is 0.664. The molecule has 1 heterocycles. The summed E-state index contributed by atoms with van der Waals surface area (Å²) in [5.41, 5.74) is 6.23. The van der Waals surface area contributed by atoms with Crippen molar-refractivity contribution in [2.75, 3.05) is 20.3 Å². The van der Waals surface area contributed by atoms with E-state index in [2.05, 4.69) is 5.32 Å². The fourth-order valence-electron chi connectivity index (χ4n) is 1.49. The van der Waals surface area contributed by atoms with Crippen LogP contribution in [0.25, 0.3) is 0 Å². The third kappa shape index (κ3) is 3.15. The van der Waals surface area contributed by atoms with Crippen molar-refractivity contribution in [2.45, 2.75) is 13.1 Å². The first kappa shape index (κ1) is 13.4. The minimum Gasteiger partial charge on any atom is -0.381 e. The number of carbonyl (C=O) groups excluding carboxylic acids is 1. The highest BCUT2D eigenvalue weighted by Crippen LogP contribution is 1.98. The summed E-state index contributed by atoms with van der Waals surface area (Å²) in [6.45, 7) is 2.64. The largest absolute Gasteiger partial charge is 0.381 e. The van der Waals surface area contributed by atoms with E-state index in [1.165, 1.54) is 11.7 Å². The van der Waals surface area contributed by atoms with Gasteiger partial charge in [-0.25, -0.2) is 0 Å². The molecule has 0 radical (unpaired) electrons. The van der Waals surface area contributed by atoms with Crippen LogP contribution in [0.1, 0.15) is 23.4 Å². The molecule has 0 aliphatic carbocycles. The van der Waals surface area contributed by atoms with Crippen LogP contribution in [-0.2, 0) is 4.74 Å². The highest BCUT2D eigenvalue weighted by molar-refractivity contribution is 5.93. The molecular weight excluding hydrogens is 220 g/mol. The van der Waals surface area contributed by atoms with Gasteiger partial charge in [-0.05, 0) is 19.1 Å². The molecule has 4 N–H and O–H groups in total. The van der Waals surface area contributed by atoms with Crippen LogP contribution in [0.4, 0.5) is 0 Å². The van der Waals surface area contributed by atoms with Crippen molar-refractivity contribution in [3.63, 3.8) is 0 Å². The van der Waals surface area contributed by atoms with Crippen LogP contribution in [0.3, 0.4) is 0 Å². The Morgan fingerprint density at radius 3 is 3.00 bits per heavy atom. The molecule has 0 saturated heterocycles. The van der Waals surface area contributed by atoms with Crippen LogP contribution in [0.2, 0.25) is 0 Å². The van der Waals surface area contributed by atoms with Crippen molar-refractivity contribution in [1.82, 2.24) is 9.88 Å². The molecule has 94 valence electrons. The smallest absolute Gasteiger partial charge is 0.255 e. The molecule has 0 saturated carbocycles. The minimum atomic E-state index is -0.470. The summed E-state index contributed by atoms with van der Waals surface area (Å²) >= 11 is 0. The van der Waals surface area contributed by atoms with Gasteiger partial charge in [-0.15, -0.1) is 0 Å². The average molecular weight is 238 g/mol. The van der Waals surface area contributed by atoms with E-state index >= 15 is 0 Å². The summed E-state index contributed by atoms with van der Waals surface area (Å²) in [5.74, 6) is -0.267. The van der Waals surface area contributed by atoms with E-state index < -0.39 is 6.17 Å². The number of methoxy groups -OCH3 is 1. The molecule has 0 bridgehead atoms. The van der Waals surface area contributed by atoms with Gasteiger partial charge in [0.15, 0.2) is 0 Å². The fraction of sp³-hybridized carbons (Fsp3) is 0.455. The van der Waals surface area contributed by atoms with Gasteiger partial charge in [0.05, 0.1) is 12.2 Å². The third-order valence-electron chi connectivity index (χ3n) is 2.30. The molecule has 1 rings (SSSR count). The highest BCUT2D eigenvalue weighted by Gasteiger charge is 2.11. The van der Waals surface area contributed by atoms with Crippen LogP contribution < -0.4 is 16.5 Å². The fourth-order valence-corrected chi connectivity index (χ4v) is 1.49. The molecule has 17 heavy (non-hydrogen) atoms. The first-order valence-corrected chi connectivity index (χ1v) is 5.40. The van der Waals surface area contributed by atoms with E-state index in [1.807, 2.05) is 6.92 Å². The van der Waals surface area contributed by atoms with Crippen LogP contribution in [-0.4, -0.2) is 30.7 Å². The Morgan fingerprint density at radius 2 is 2.41 bits per heavy atom. The Morgan fingerprint density at radius 1 is 1.71 bits per heavy atom. The van der Waals surface area contributed by atoms with E-state index in [1.54, 1.807) is 18.3 Å². The standard InChI is InChI=1S/C11H18N4O2/c1-3-14-11(16)8-5-4-6-15(10(8)13)9(12)7-17-2/h4-6,9,13H,3,7,12H2,1-2H3,(H,14,16). The lowest BCUT2D eigenvalue weighted by Gasteiger charge is -2.16. The number of hydrogen-bond acceptors (Lipinski definition) is 4. The second-order valence-corrected chi connectivity index (χ2v) is 3.56. The number of hydrogen-bond donors (Lipinski definition) is 3. The molecule has 0 aromatic carbocycles. The number of carbonyl (C=O) groups is 1. The Labute approximate surface area is 99.9 Å². The number of amides is 1. The molecule has 0 aliphatic rings. The van der Waals surface area contributed by atoms with Crippen molar-refractivity contribution >= 4 is 5.91 Å². The molecule has 1 aromatic rings. The average Bonchev–Trinajstić information content (AvgIpc) is 2.29. The lowest BCUT2D eigenvalue weighted by molar-refractivity contribution is 0.0952. The monoisotopic (exact) mass is 238 g/mol. The summed E-state index contributed by atoms with van der Waals surface area (Å²) in [6.07, 6.45) is 1.19. The zero-order chi connectivity index (χ0) is 12.8. The van der Waals surface area contributed by atoms with Gasteiger partial charge in [0.1, 0.15) is 11.7 Å². The predicted molar refractivity (Wildman–Crippen MR) is 63.4 cm³/mol. The van der Waals surface area contributed by atoms with Gasteiger partial charge in [0.25, 0.3) is 5.91 Å². The second-order valence-electron chi connectivity index (χ2n) is 3.56. The Hall–Kier alpha value is -1.66. The highest BCUT2D eigenvalue weighted by atomic mass is 16.5. The number of aromatic nitrogens is 1. The molecular formula is C11H18N4O2. The maximum Gasteiger partial charge on any atom is 0.255 e. The van der Waals surface area contributed by atoms with E-state index in [4.69, 9.17) is 15.9 Å². The first-order chi connectivity index (χ1) is 8.11. The van der Waals surface area contributed by atoms with E-state index in [0.29, 0.717) is 12.1 Å². The summed E-state index contributed by atoms with van der Waals surface area (Å²) in [6, 6.07) is 3.29. The number of rotatable bonds is 5. The predicted octanol–water partition coefficient (Wildman–Crippen LogP) is -0.179. The zero-order valence-corrected chi connectivity index (χ0v) is 10.1. The molecule has 0 fully saturated rings. The minimum absolute atomic E-state index is 0.0861. The maximum atomic E-state index is 11.7. The molecule has 0 aliphatic heterocycles. The first-order valence-electron chi connectivity index (χ1n) is 5.40. The molecule has 1 aromatic heterocycles. The van der Waals surface area contributed by atoms with Gasteiger partial charge in [0, 0.05) is 19.9 Å². The van der Waals surface area contributed by atoms with Gasteiger partial charge in [-0.1, -0.05) is 0 Å². The van der Waals surface area contributed by atoms with E-state index in [9.17, 15) is 4.79 Å². The van der Waals surface area contributed by atoms with Crippen molar-refractivity contribution in [3.05, 3.63) is 29.4 Å². The van der Waals surface area contributed by atoms with Gasteiger partial charge in [-0.2, -0.15) is 0 Å². The number of pyridine rings is 1. The van der Waals surface area contributed by atoms with Crippen LogP contribution in [0.5, 0.6) is 0 Å². The van der Waals surface area contributed by atoms with Gasteiger partial charge in [-0.3, -0.25) is 10.2 Å². The van der Waals surface area contributed by atoms with Gasteiger partial charge >= 0.3 is 0 Å². The van der Waals surface area contributed by atoms with Crippen LogP contribution in [0.15, 0.2) is 18.3 Å². The van der Waals surface area contributed by atoms with Crippen LogP contribution >= 0.6 is 0 Å². The van der Waals surface area contributed by atoms with Crippen molar-refractivity contribution in [2.24, 2.45) is 5.73 Å². The summed E-state index contributed by atoms with van der Waals surface area (Å²) in [7, 11) is 1.54. The SMILES string of the molecule is CCNC(=O)c1cccn(C(N)COC)c1=N. The van der Waals surface area contributed by atoms with Gasteiger partial charge < -0.3 is 20.4 Å². The van der Waals surface area contributed by atoms with Crippen molar-refractivity contribution in [3.8, 4) is 0 Å². The van der Waals surface area contributed by atoms with Gasteiger partial charge in [0.2, 0.25) is 0 Å². The third-order valence-corrected chi connectivity index (χ3v) is 2.30. The lowest BCUT2D eigenvalue weighted by Crippen LogP contribution is -2.37. The number of nitrogens with zero attached hydrogens (tertiary/aromatic N) is 1. The molecule has 6 heteroatoms. The summed E-state index contributed by atoms with van der Waals surface area (Å²) < 4.78 is 6.44. The number of ether oxygens (including phenoxy) is 1. The normalized spacial score (nSPS) is 12.2. The Bertz CT molecular complexity index is 441. The molecule has 1 atom stereocenters. The number of nitrogens with one attached hydrogen (secondary N) is 2. The number of nitrogens with two attached hydrogens (primary N) is 1. The zero-order valence-electron chi connectivity index (χ0n) is 10.1. The second kappa shape index (κ2) is 6.17. The molecule has 0 spiro atoms. The van der Waals surface area contributed by atoms with E-state index in [-0.39, 0.29) is 18.0 Å². The Kier molecular flexibility index (Phi) is 4.86. The van der Waals surface area contributed by atoms with E-state index in [0.717, 1.165) is 0 Å². The molecule has 1 amide bonds. The molecule has 6 nitrogen and oxygen atoms in total. The molecule has 1 unspecified atom stereocenters.